The van der Waals surface area contributed by atoms with Crippen molar-refractivity contribution in [3.05, 3.63) is 52.2 Å². The first kappa shape index (κ1) is 14.5. The lowest BCUT2D eigenvalue weighted by Crippen LogP contribution is -2.24. The highest BCUT2D eigenvalue weighted by atomic mass is 32.1. The van der Waals surface area contributed by atoms with Gasteiger partial charge in [0.1, 0.15) is 5.75 Å². The van der Waals surface area contributed by atoms with E-state index in [2.05, 4.69) is 10.1 Å². The minimum Gasteiger partial charge on any atom is -0.435 e. The third-order valence-corrected chi connectivity index (χ3v) is 3.43. The van der Waals surface area contributed by atoms with Gasteiger partial charge in [-0.25, -0.2) is 0 Å². The van der Waals surface area contributed by atoms with Gasteiger partial charge < -0.3 is 10.1 Å². The number of carbonyl (C=O) groups is 1. The predicted octanol–water partition coefficient (Wildman–Crippen LogP) is 3.21. The molecule has 2 rings (SSSR count). The Morgan fingerprint density at radius 3 is 2.60 bits per heavy atom. The molecule has 0 aliphatic heterocycles. The van der Waals surface area contributed by atoms with E-state index in [9.17, 15) is 13.6 Å². The second-order valence-corrected chi connectivity index (χ2v) is 5.09. The van der Waals surface area contributed by atoms with Gasteiger partial charge in [-0.15, -0.1) is 11.3 Å². The highest BCUT2D eigenvalue weighted by molar-refractivity contribution is 7.09. The fourth-order valence-corrected chi connectivity index (χ4v) is 2.28. The lowest BCUT2D eigenvalue weighted by Gasteiger charge is -2.06. The summed E-state index contributed by atoms with van der Waals surface area (Å²) in [5, 5.41) is 4.75. The number of hydrogen-bond acceptors (Lipinski definition) is 3. The van der Waals surface area contributed by atoms with E-state index in [0.717, 1.165) is 10.4 Å². The number of nitrogens with one attached hydrogen (secondary N) is 1. The Morgan fingerprint density at radius 2 is 2.00 bits per heavy atom. The van der Waals surface area contributed by atoms with Gasteiger partial charge in [-0.2, -0.15) is 8.78 Å². The second kappa shape index (κ2) is 7.00. The Labute approximate surface area is 119 Å². The quantitative estimate of drug-likeness (QED) is 0.889. The van der Waals surface area contributed by atoms with Crippen LogP contribution in [0.15, 0.2) is 41.8 Å². The fourth-order valence-electron chi connectivity index (χ4n) is 1.64. The summed E-state index contributed by atoms with van der Waals surface area (Å²) in [5.74, 6) is -0.0244. The molecule has 0 fully saturated rings. The van der Waals surface area contributed by atoms with Crippen LogP contribution in [-0.4, -0.2) is 12.5 Å². The monoisotopic (exact) mass is 297 g/mol. The van der Waals surface area contributed by atoms with Crippen molar-refractivity contribution in [2.45, 2.75) is 19.6 Å². The first-order valence-electron chi connectivity index (χ1n) is 5.96. The number of benzene rings is 1. The number of ether oxygens (including phenoxy) is 1. The molecular formula is C14H13F2NO2S. The average Bonchev–Trinajstić information content (AvgIpc) is 2.91. The van der Waals surface area contributed by atoms with Crippen LogP contribution < -0.4 is 10.1 Å². The van der Waals surface area contributed by atoms with Gasteiger partial charge in [-0.3, -0.25) is 4.79 Å². The molecule has 0 bridgehead atoms. The molecule has 0 aliphatic carbocycles. The third-order valence-electron chi connectivity index (χ3n) is 2.55. The molecule has 0 atom stereocenters. The Bertz CT molecular complexity index is 541. The van der Waals surface area contributed by atoms with Gasteiger partial charge in [0.2, 0.25) is 5.91 Å². The molecule has 106 valence electrons. The van der Waals surface area contributed by atoms with Crippen molar-refractivity contribution in [1.82, 2.24) is 5.32 Å². The van der Waals surface area contributed by atoms with Crippen molar-refractivity contribution in [1.29, 1.82) is 0 Å². The Kier molecular flexibility index (Phi) is 5.06. The number of alkyl halides is 2. The maximum atomic E-state index is 12.0. The van der Waals surface area contributed by atoms with Gasteiger partial charge in [0.15, 0.2) is 0 Å². The molecule has 1 N–H and O–H groups in total. The molecule has 20 heavy (non-hydrogen) atoms. The summed E-state index contributed by atoms with van der Waals surface area (Å²) in [6.07, 6.45) is 0.209. The van der Waals surface area contributed by atoms with Gasteiger partial charge in [0.05, 0.1) is 13.0 Å². The van der Waals surface area contributed by atoms with E-state index >= 15 is 0 Å². The van der Waals surface area contributed by atoms with Crippen LogP contribution >= 0.6 is 11.3 Å². The lowest BCUT2D eigenvalue weighted by atomic mass is 10.1. The van der Waals surface area contributed by atoms with Crippen LogP contribution in [0.2, 0.25) is 0 Å². The molecule has 0 aliphatic rings. The molecule has 0 saturated carbocycles. The smallest absolute Gasteiger partial charge is 0.387 e. The summed E-state index contributed by atoms with van der Waals surface area (Å²) in [7, 11) is 0. The Balaban J connectivity index is 1.81. The largest absolute Gasteiger partial charge is 0.435 e. The normalized spacial score (nSPS) is 10.6. The van der Waals surface area contributed by atoms with E-state index in [1.54, 1.807) is 23.5 Å². The minimum absolute atomic E-state index is 0.0859. The SMILES string of the molecule is O=C(Cc1ccc(OC(F)F)cc1)NCc1cccs1. The summed E-state index contributed by atoms with van der Waals surface area (Å²) in [6.45, 7) is -2.33. The number of amides is 1. The fraction of sp³-hybridized carbons (Fsp3) is 0.214. The van der Waals surface area contributed by atoms with Crippen LogP contribution in [0.25, 0.3) is 0 Å². The first-order valence-corrected chi connectivity index (χ1v) is 6.84. The Morgan fingerprint density at radius 1 is 1.25 bits per heavy atom. The van der Waals surface area contributed by atoms with Gasteiger partial charge in [-0.05, 0) is 29.1 Å². The number of hydrogen-bond donors (Lipinski definition) is 1. The van der Waals surface area contributed by atoms with Crippen LogP contribution in [0.3, 0.4) is 0 Å². The van der Waals surface area contributed by atoms with Crippen molar-refractivity contribution in [2.24, 2.45) is 0 Å². The number of halogens is 2. The zero-order valence-corrected chi connectivity index (χ0v) is 11.3. The first-order chi connectivity index (χ1) is 9.63. The summed E-state index contributed by atoms with van der Waals surface area (Å²) in [6, 6.07) is 9.92. The standard InChI is InChI=1S/C14H13F2NO2S/c15-14(16)19-11-5-3-10(4-6-11)8-13(18)17-9-12-2-1-7-20-12/h1-7,14H,8-9H2,(H,17,18). The molecule has 0 radical (unpaired) electrons. The minimum atomic E-state index is -2.84. The summed E-state index contributed by atoms with van der Waals surface area (Å²) < 4.78 is 28.2. The molecule has 0 saturated heterocycles. The number of carbonyl (C=O) groups excluding carboxylic acids is 1. The maximum Gasteiger partial charge on any atom is 0.387 e. The van der Waals surface area contributed by atoms with Crippen molar-refractivity contribution < 1.29 is 18.3 Å². The van der Waals surface area contributed by atoms with E-state index in [1.807, 2.05) is 17.5 Å². The van der Waals surface area contributed by atoms with E-state index in [4.69, 9.17) is 0 Å². The molecule has 0 spiro atoms. The molecule has 0 unspecified atom stereocenters. The van der Waals surface area contributed by atoms with Crippen molar-refractivity contribution in [3.8, 4) is 5.75 Å². The van der Waals surface area contributed by atoms with Gasteiger partial charge >= 0.3 is 6.61 Å². The summed E-state index contributed by atoms with van der Waals surface area (Å²) in [4.78, 5) is 12.8. The Hall–Kier alpha value is -1.95. The van der Waals surface area contributed by atoms with Crippen LogP contribution in [0.4, 0.5) is 8.78 Å². The average molecular weight is 297 g/mol. The topological polar surface area (TPSA) is 38.3 Å². The summed E-state index contributed by atoms with van der Waals surface area (Å²) in [5.41, 5.74) is 0.746. The van der Waals surface area contributed by atoms with Crippen molar-refractivity contribution in [3.63, 3.8) is 0 Å². The highest BCUT2D eigenvalue weighted by Crippen LogP contribution is 2.15. The van der Waals surface area contributed by atoms with Crippen LogP contribution in [0.1, 0.15) is 10.4 Å². The van der Waals surface area contributed by atoms with E-state index in [1.165, 1.54) is 12.1 Å². The van der Waals surface area contributed by atoms with Gasteiger partial charge in [0.25, 0.3) is 0 Å². The summed E-state index contributed by atoms with van der Waals surface area (Å²) >= 11 is 1.58. The zero-order chi connectivity index (χ0) is 14.4. The number of rotatable bonds is 6. The van der Waals surface area contributed by atoms with E-state index in [-0.39, 0.29) is 18.1 Å². The van der Waals surface area contributed by atoms with E-state index in [0.29, 0.717) is 6.54 Å². The third kappa shape index (κ3) is 4.62. The molecular weight excluding hydrogens is 284 g/mol. The van der Waals surface area contributed by atoms with Gasteiger partial charge in [-0.1, -0.05) is 18.2 Å². The molecule has 2 aromatic rings. The molecule has 6 heteroatoms. The van der Waals surface area contributed by atoms with Crippen LogP contribution in [-0.2, 0) is 17.8 Å². The van der Waals surface area contributed by atoms with Crippen molar-refractivity contribution >= 4 is 17.2 Å². The highest BCUT2D eigenvalue weighted by Gasteiger charge is 2.06. The van der Waals surface area contributed by atoms with E-state index < -0.39 is 6.61 Å². The predicted molar refractivity (Wildman–Crippen MR) is 72.9 cm³/mol. The van der Waals surface area contributed by atoms with Crippen molar-refractivity contribution in [2.75, 3.05) is 0 Å². The molecule has 3 nitrogen and oxygen atoms in total. The molecule has 1 heterocycles. The second-order valence-electron chi connectivity index (χ2n) is 4.06. The molecule has 1 aromatic heterocycles. The number of thiophene rings is 1. The van der Waals surface area contributed by atoms with Crippen LogP contribution in [0, 0.1) is 0 Å². The maximum absolute atomic E-state index is 12.0. The van der Waals surface area contributed by atoms with Gasteiger partial charge in [0, 0.05) is 4.88 Å². The molecule has 1 aromatic carbocycles. The van der Waals surface area contributed by atoms with Crippen LogP contribution in [0.5, 0.6) is 5.75 Å². The zero-order valence-electron chi connectivity index (χ0n) is 10.5. The molecule has 1 amide bonds. The lowest BCUT2D eigenvalue weighted by molar-refractivity contribution is -0.120.